The lowest BCUT2D eigenvalue weighted by molar-refractivity contribution is 0.206. The average Bonchev–Trinajstić information content (AvgIpc) is 2.23. The fraction of sp³-hybridized carbons (Fsp3) is 0.833. The number of nitriles is 2. The second kappa shape index (κ2) is 9.34. The second-order valence-corrected chi connectivity index (χ2v) is 4.10. The van der Waals surface area contributed by atoms with Crippen molar-refractivity contribution in [3.05, 3.63) is 0 Å². The molecular weight excluding hydrogens is 188 g/mol. The van der Waals surface area contributed by atoms with Gasteiger partial charge in [-0.15, -0.1) is 0 Å². The van der Waals surface area contributed by atoms with Crippen molar-refractivity contribution in [3.63, 3.8) is 0 Å². The molecule has 0 amide bonds. The van der Waals surface area contributed by atoms with Crippen molar-refractivity contribution in [3.8, 4) is 12.3 Å². The molecule has 0 aromatic carbocycles. The van der Waals surface area contributed by atoms with Crippen molar-refractivity contribution < 1.29 is 4.74 Å². The topological polar surface area (TPSA) is 56.8 Å². The van der Waals surface area contributed by atoms with Crippen molar-refractivity contribution in [2.24, 2.45) is 11.8 Å². The van der Waals surface area contributed by atoms with Crippen LogP contribution in [0.25, 0.3) is 0 Å². The summed E-state index contributed by atoms with van der Waals surface area (Å²) in [5.74, 6) is 0.923. The molecule has 0 saturated carbocycles. The minimum absolute atomic E-state index is 0.405. The van der Waals surface area contributed by atoms with Gasteiger partial charge in [0.25, 0.3) is 6.26 Å². The molecule has 0 saturated heterocycles. The van der Waals surface area contributed by atoms with Crippen molar-refractivity contribution in [1.29, 1.82) is 10.5 Å². The summed E-state index contributed by atoms with van der Waals surface area (Å²) in [6.07, 6.45) is 6.70. The van der Waals surface area contributed by atoms with E-state index in [2.05, 4.69) is 24.7 Å². The highest BCUT2D eigenvalue weighted by atomic mass is 16.5. The predicted molar refractivity (Wildman–Crippen MR) is 58.6 cm³/mol. The first-order valence-electron chi connectivity index (χ1n) is 5.62. The third-order valence-electron chi connectivity index (χ3n) is 2.58. The second-order valence-electron chi connectivity index (χ2n) is 4.10. The first kappa shape index (κ1) is 13.8. The molecule has 0 fully saturated rings. The molecule has 0 bridgehead atoms. The van der Waals surface area contributed by atoms with Gasteiger partial charge >= 0.3 is 0 Å². The molecule has 3 heteroatoms. The van der Waals surface area contributed by atoms with Crippen LogP contribution in [-0.4, -0.2) is 6.61 Å². The average molecular weight is 208 g/mol. The molecule has 0 aliphatic rings. The molecule has 0 aromatic heterocycles. The lowest BCUT2D eigenvalue weighted by atomic mass is 9.91. The smallest absolute Gasteiger partial charge is 0.286 e. The fourth-order valence-corrected chi connectivity index (χ4v) is 1.67. The van der Waals surface area contributed by atoms with Crippen molar-refractivity contribution in [2.75, 3.05) is 6.61 Å². The van der Waals surface area contributed by atoms with Crippen molar-refractivity contribution in [2.45, 2.75) is 46.0 Å². The van der Waals surface area contributed by atoms with Gasteiger partial charge in [-0.25, -0.2) is 0 Å². The number of hydrogen-bond acceptors (Lipinski definition) is 3. The highest BCUT2D eigenvalue weighted by molar-refractivity contribution is 4.76. The lowest BCUT2D eigenvalue weighted by Gasteiger charge is -2.15. The maximum Gasteiger partial charge on any atom is 0.286 e. The SMILES string of the molecule is CCCC(CC#N)CCC(C)COC#N. The summed E-state index contributed by atoms with van der Waals surface area (Å²) in [5.41, 5.74) is 0. The summed E-state index contributed by atoms with van der Waals surface area (Å²) in [6.45, 7) is 4.72. The Morgan fingerprint density at radius 3 is 2.47 bits per heavy atom. The summed E-state index contributed by atoms with van der Waals surface area (Å²) in [6, 6.07) is 2.24. The number of ether oxygens (including phenoxy) is 1. The molecule has 84 valence electrons. The first-order valence-corrected chi connectivity index (χ1v) is 5.62. The van der Waals surface area contributed by atoms with Gasteiger partial charge in [0.2, 0.25) is 0 Å². The van der Waals surface area contributed by atoms with Gasteiger partial charge in [-0.2, -0.15) is 10.5 Å². The van der Waals surface area contributed by atoms with Crippen molar-refractivity contribution >= 4 is 0 Å². The molecule has 3 nitrogen and oxygen atoms in total. The Bertz CT molecular complexity index is 227. The van der Waals surface area contributed by atoms with E-state index in [1.165, 1.54) is 0 Å². The van der Waals surface area contributed by atoms with Gasteiger partial charge < -0.3 is 4.74 Å². The van der Waals surface area contributed by atoms with Crippen LogP contribution in [0.15, 0.2) is 0 Å². The minimum atomic E-state index is 0.405. The molecule has 0 radical (unpaired) electrons. The van der Waals surface area contributed by atoms with Crippen LogP contribution in [0.1, 0.15) is 46.0 Å². The van der Waals surface area contributed by atoms with Crippen LogP contribution in [0.3, 0.4) is 0 Å². The molecule has 2 unspecified atom stereocenters. The summed E-state index contributed by atoms with van der Waals surface area (Å²) in [7, 11) is 0. The van der Waals surface area contributed by atoms with Gasteiger partial charge in [0.05, 0.1) is 6.07 Å². The Morgan fingerprint density at radius 1 is 1.20 bits per heavy atom. The molecule has 0 aromatic rings. The van der Waals surface area contributed by atoms with E-state index in [9.17, 15) is 0 Å². The number of rotatable bonds is 8. The maximum atomic E-state index is 8.65. The summed E-state index contributed by atoms with van der Waals surface area (Å²) in [5, 5.41) is 16.9. The van der Waals surface area contributed by atoms with E-state index in [1.807, 2.05) is 0 Å². The van der Waals surface area contributed by atoms with Gasteiger partial charge in [-0.3, -0.25) is 0 Å². The third kappa shape index (κ3) is 7.82. The van der Waals surface area contributed by atoms with Crippen molar-refractivity contribution in [1.82, 2.24) is 0 Å². The first-order chi connectivity index (χ1) is 7.24. The quantitative estimate of drug-likeness (QED) is 0.575. The standard InChI is InChI=1S/C12H20N2O/c1-3-4-12(7-8-13)6-5-11(2)9-15-10-14/h11-12H,3-7,9H2,1-2H3. The van der Waals surface area contributed by atoms with E-state index >= 15 is 0 Å². The van der Waals surface area contributed by atoms with Crippen LogP contribution in [0.2, 0.25) is 0 Å². The number of hydrogen-bond donors (Lipinski definition) is 0. The number of nitrogens with zero attached hydrogens (tertiary/aromatic N) is 2. The Balaban J connectivity index is 3.69. The van der Waals surface area contributed by atoms with E-state index < -0.39 is 0 Å². The highest BCUT2D eigenvalue weighted by Crippen LogP contribution is 2.20. The molecule has 0 heterocycles. The van der Waals surface area contributed by atoms with Crippen LogP contribution < -0.4 is 0 Å². The Labute approximate surface area is 92.7 Å². The maximum absolute atomic E-state index is 8.65. The normalized spacial score (nSPS) is 13.6. The molecule has 2 atom stereocenters. The molecule has 0 aliphatic carbocycles. The Hall–Kier alpha value is -1.22. The van der Waals surface area contributed by atoms with E-state index in [4.69, 9.17) is 10.5 Å². The zero-order valence-electron chi connectivity index (χ0n) is 9.70. The van der Waals surface area contributed by atoms with Crippen LogP contribution in [0, 0.1) is 34.7 Å². The monoisotopic (exact) mass is 208 g/mol. The Morgan fingerprint density at radius 2 is 1.93 bits per heavy atom. The summed E-state index contributed by atoms with van der Waals surface area (Å²) in [4.78, 5) is 0. The van der Waals surface area contributed by atoms with Crippen LogP contribution >= 0.6 is 0 Å². The fourth-order valence-electron chi connectivity index (χ4n) is 1.67. The van der Waals surface area contributed by atoms with E-state index in [1.54, 1.807) is 6.26 Å². The zero-order chi connectivity index (χ0) is 11.5. The minimum Gasteiger partial charge on any atom is -0.427 e. The highest BCUT2D eigenvalue weighted by Gasteiger charge is 2.10. The molecule has 0 rings (SSSR count). The van der Waals surface area contributed by atoms with Gasteiger partial charge in [0.1, 0.15) is 6.61 Å². The van der Waals surface area contributed by atoms with Crippen LogP contribution in [0.5, 0.6) is 0 Å². The largest absolute Gasteiger partial charge is 0.427 e. The molecule has 0 aliphatic heterocycles. The predicted octanol–water partition coefficient (Wildman–Crippen LogP) is 3.23. The molecule has 15 heavy (non-hydrogen) atoms. The summed E-state index contributed by atoms with van der Waals surface area (Å²) < 4.78 is 4.69. The zero-order valence-corrected chi connectivity index (χ0v) is 9.70. The van der Waals surface area contributed by atoms with E-state index in [0.717, 1.165) is 25.7 Å². The van der Waals surface area contributed by atoms with Gasteiger partial charge in [0.15, 0.2) is 0 Å². The molecular formula is C12H20N2O. The van der Waals surface area contributed by atoms with Gasteiger partial charge in [-0.1, -0.05) is 20.3 Å². The van der Waals surface area contributed by atoms with Crippen LogP contribution in [0.4, 0.5) is 0 Å². The Kier molecular flexibility index (Phi) is 8.58. The lowest BCUT2D eigenvalue weighted by Crippen LogP contribution is -2.07. The molecule has 0 N–H and O–H groups in total. The van der Waals surface area contributed by atoms with Gasteiger partial charge in [-0.05, 0) is 31.1 Å². The third-order valence-corrected chi connectivity index (χ3v) is 2.58. The van der Waals surface area contributed by atoms with Crippen LogP contribution in [-0.2, 0) is 4.74 Å². The van der Waals surface area contributed by atoms with Gasteiger partial charge in [0, 0.05) is 6.42 Å². The molecule has 0 spiro atoms. The summed E-state index contributed by atoms with van der Waals surface area (Å²) >= 11 is 0. The van der Waals surface area contributed by atoms with E-state index in [0.29, 0.717) is 24.9 Å². The van der Waals surface area contributed by atoms with E-state index in [-0.39, 0.29) is 0 Å².